The number of aromatic nitrogens is 4. The fourth-order valence-electron chi connectivity index (χ4n) is 3.14. The van der Waals surface area contributed by atoms with Crippen molar-refractivity contribution in [2.75, 3.05) is 0 Å². The molecule has 0 saturated carbocycles. The van der Waals surface area contributed by atoms with E-state index < -0.39 is 11.8 Å². The zero-order valence-corrected chi connectivity index (χ0v) is 15.0. The van der Waals surface area contributed by atoms with E-state index in [1.165, 1.54) is 28.3 Å². The van der Waals surface area contributed by atoms with Gasteiger partial charge in [0, 0.05) is 22.4 Å². The predicted octanol–water partition coefficient (Wildman–Crippen LogP) is 4.53. The molecule has 1 N–H and O–H groups in total. The first kappa shape index (κ1) is 16.5. The van der Waals surface area contributed by atoms with Crippen molar-refractivity contribution in [3.8, 4) is 16.9 Å². The molecular weight excluding hydrogens is 379 g/mol. The Bertz CT molecular complexity index is 1360. The molecule has 28 heavy (non-hydrogen) atoms. The molecule has 0 fully saturated rings. The lowest BCUT2D eigenvalue weighted by Gasteiger charge is -2.06. The Morgan fingerprint density at radius 3 is 2.68 bits per heavy atom. The molecule has 5 rings (SSSR count). The lowest BCUT2D eigenvalue weighted by atomic mass is 10.0. The van der Waals surface area contributed by atoms with E-state index in [9.17, 15) is 14.3 Å². The first-order chi connectivity index (χ1) is 13.6. The summed E-state index contributed by atoms with van der Waals surface area (Å²) >= 11 is 1.51. The molecule has 0 aliphatic rings. The third-order valence-electron chi connectivity index (χ3n) is 4.41. The molecule has 0 aliphatic heterocycles. The standard InChI is InChI=1S/C20H11FN4O2S/c21-12-2-1-3-13(8-12)25-23-16-5-4-15-18(19(16)24-25)14(20(26)27)9-17(22-15)11-6-7-28-10-11/h1-10H,(H,26,27). The Kier molecular flexibility index (Phi) is 3.66. The van der Waals surface area contributed by atoms with Crippen LogP contribution in [0.4, 0.5) is 4.39 Å². The molecule has 0 radical (unpaired) electrons. The average molecular weight is 390 g/mol. The quantitative estimate of drug-likeness (QED) is 0.489. The fraction of sp³-hybridized carbons (Fsp3) is 0. The summed E-state index contributed by atoms with van der Waals surface area (Å²) in [5.41, 5.74) is 3.42. The average Bonchev–Trinajstić information content (AvgIpc) is 3.36. The van der Waals surface area contributed by atoms with E-state index in [1.54, 1.807) is 30.3 Å². The van der Waals surface area contributed by atoms with Crippen LogP contribution in [0, 0.1) is 5.82 Å². The number of carboxylic acid groups (broad SMARTS) is 1. The smallest absolute Gasteiger partial charge is 0.336 e. The second kappa shape index (κ2) is 6.21. The number of pyridine rings is 1. The number of rotatable bonds is 3. The van der Waals surface area contributed by atoms with Crippen LogP contribution in [0.25, 0.3) is 38.9 Å². The number of thiophene rings is 1. The molecule has 3 heterocycles. The van der Waals surface area contributed by atoms with E-state index in [2.05, 4.69) is 15.2 Å². The first-order valence-electron chi connectivity index (χ1n) is 8.33. The molecule has 5 aromatic rings. The Morgan fingerprint density at radius 1 is 1.07 bits per heavy atom. The van der Waals surface area contributed by atoms with Crippen LogP contribution in [0.5, 0.6) is 0 Å². The topological polar surface area (TPSA) is 80.9 Å². The summed E-state index contributed by atoms with van der Waals surface area (Å²) in [7, 11) is 0. The molecule has 0 saturated heterocycles. The molecule has 136 valence electrons. The van der Waals surface area contributed by atoms with Gasteiger partial charge in [0.25, 0.3) is 0 Å². The van der Waals surface area contributed by atoms with Crippen molar-refractivity contribution in [3.63, 3.8) is 0 Å². The summed E-state index contributed by atoms with van der Waals surface area (Å²) < 4.78 is 13.6. The molecule has 0 unspecified atom stereocenters. The summed E-state index contributed by atoms with van der Waals surface area (Å²) in [4.78, 5) is 17.9. The summed E-state index contributed by atoms with van der Waals surface area (Å²) in [6.45, 7) is 0. The summed E-state index contributed by atoms with van der Waals surface area (Å²) in [6.07, 6.45) is 0. The highest BCUT2D eigenvalue weighted by Gasteiger charge is 2.18. The Morgan fingerprint density at radius 2 is 1.93 bits per heavy atom. The minimum absolute atomic E-state index is 0.100. The Balaban J connectivity index is 1.80. The van der Waals surface area contributed by atoms with Crippen LogP contribution >= 0.6 is 11.3 Å². The zero-order chi connectivity index (χ0) is 19.3. The highest BCUT2D eigenvalue weighted by molar-refractivity contribution is 7.08. The maximum atomic E-state index is 13.6. The second-order valence-corrected chi connectivity index (χ2v) is 6.95. The van der Waals surface area contributed by atoms with Crippen molar-refractivity contribution in [2.24, 2.45) is 0 Å². The number of hydrogen-bond acceptors (Lipinski definition) is 5. The highest BCUT2D eigenvalue weighted by Crippen LogP contribution is 2.30. The molecule has 0 bridgehead atoms. The minimum Gasteiger partial charge on any atom is -0.478 e. The lowest BCUT2D eigenvalue weighted by Crippen LogP contribution is -2.01. The Hall–Kier alpha value is -3.65. The van der Waals surface area contributed by atoms with Gasteiger partial charge in [0.05, 0.1) is 22.5 Å². The van der Waals surface area contributed by atoms with Gasteiger partial charge >= 0.3 is 5.97 Å². The van der Waals surface area contributed by atoms with Gasteiger partial charge < -0.3 is 5.11 Å². The van der Waals surface area contributed by atoms with Gasteiger partial charge in [-0.2, -0.15) is 16.1 Å². The van der Waals surface area contributed by atoms with Crippen molar-refractivity contribution >= 4 is 39.2 Å². The summed E-state index contributed by atoms with van der Waals surface area (Å²) in [6, 6.07) is 12.8. The van der Waals surface area contributed by atoms with Crippen LogP contribution in [0.3, 0.4) is 0 Å². The van der Waals surface area contributed by atoms with E-state index >= 15 is 0 Å². The van der Waals surface area contributed by atoms with Gasteiger partial charge in [-0.15, -0.1) is 10.2 Å². The van der Waals surface area contributed by atoms with E-state index in [1.807, 2.05) is 16.8 Å². The van der Waals surface area contributed by atoms with Gasteiger partial charge in [-0.1, -0.05) is 6.07 Å². The number of aromatic carboxylic acids is 1. The van der Waals surface area contributed by atoms with Crippen molar-refractivity contribution in [1.82, 2.24) is 20.0 Å². The van der Waals surface area contributed by atoms with Crippen LogP contribution in [-0.2, 0) is 0 Å². The third-order valence-corrected chi connectivity index (χ3v) is 5.09. The van der Waals surface area contributed by atoms with Crippen molar-refractivity contribution in [2.45, 2.75) is 0 Å². The number of carboxylic acids is 1. The molecular formula is C20H11FN4O2S. The maximum Gasteiger partial charge on any atom is 0.336 e. The van der Waals surface area contributed by atoms with Crippen LogP contribution in [0.2, 0.25) is 0 Å². The van der Waals surface area contributed by atoms with E-state index in [0.717, 1.165) is 5.56 Å². The Labute approximate surface area is 161 Å². The van der Waals surface area contributed by atoms with Crippen LogP contribution in [0.1, 0.15) is 10.4 Å². The van der Waals surface area contributed by atoms with Gasteiger partial charge in [-0.05, 0) is 41.8 Å². The number of nitrogens with zero attached hydrogens (tertiary/aromatic N) is 4. The van der Waals surface area contributed by atoms with Crippen molar-refractivity contribution < 1.29 is 14.3 Å². The normalized spacial score (nSPS) is 11.3. The molecule has 3 aromatic heterocycles. The number of hydrogen-bond donors (Lipinski definition) is 1. The van der Waals surface area contributed by atoms with Gasteiger partial charge in [-0.3, -0.25) is 0 Å². The van der Waals surface area contributed by atoms with Gasteiger partial charge in [0.1, 0.15) is 16.9 Å². The molecule has 2 aromatic carbocycles. The van der Waals surface area contributed by atoms with Crippen molar-refractivity contribution in [1.29, 1.82) is 0 Å². The molecule has 0 aliphatic carbocycles. The molecule has 0 amide bonds. The largest absolute Gasteiger partial charge is 0.478 e. The number of benzene rings is 2. The number of fused-ring (bicyclic) bond motifs is 3. The molecule has 0 atom stereocenters. The van der Waals surface area contributed by atoms with E-state index in [-0.39, 0.29) is 5.56 Å². The number of carbonyl (C=O) groups is 1. The SMILES string of the molecule is O=C(O)c1cc(-c2ccsc2)nc2ccc3nn(-c4cccc(F)c4)nc3c12. The van der Waals surface area contributed by atoms with E-state index in [0.29, 0.717) is 33.3 Å². The maximum absolute atomic E-state index is 13.6. The van der Waals surface area contributed by atoms with Crippen molar-refractivity contribution in [3.05, 3.63) is 70.7 Å². The molecule has 6 nitrogen and oxygen atoms in total. The minimum atomic E-state index is -1.07. The van der Waals surface area contributed by atoms with E-state index in [4.69, 9.17) is 0 Å². The lowest BCUT2D eigenvalue weighted by molar-refractivity contribution is 0.0699. The van der Waals surface area contributed by atoms with Crippen LogP contribution in [-0.4, -0.2) is 31.1 Å². The molecule has 8 heteroatoms. The summed E-state index contributed by atoms with van der Waals surface area (Å²) in [5.74, 6) is -1.48. The predicted molar refractivity (Wildman–Crippen MR) is 104 cm³/mol. The van der Waals surface area contributed by atoms with Crippen LogP contribution in [0.15, 0.2) is 59.3 Å². The molecule has 0 spiro atoms. The van der Waals surface area contributed by atoms with Crippen LogP contribution < -0.4 is 0 Å². The monoisotopic (exact) mass is 390 g/mol. The first-order valence-corrected chi connectivity index (χ1v) is 9.27. The number of halogens is 1. The zero-order valence-electron chi connectivity index (χ0n) is 14.2. The van der Waals surface area contributed by atoms with Gasteiger partial charge in [0.2, 0.25) is 0 Å². The highest BCUT2D eigenvalue weighted by atomic mass is 32.1. The summed E-state index contributed by atoms with van der Waals surface area (Å²) in [5, 5.41) is 22.8. The fourth-order valence-corrected chi connectivity index (χ4v) is 3.79. The second-order valence-electron chi connectivity index (χ2n) is 6.17. The third kappa shape index (κ3) is 2.62. The van der Waals surface area contributed by atoms with Gasteiger partial charge in [0.15, 0.2) is 0 Å². The van der Waals surface area contributed by atoms with Gasteiger partial charge in [-0.25, -0.2) is 14.2 Å².